The maximum Gasteiger partial charge on any atom is 0.281 e. The van der Waals surface area contributed by atoms with E-state index in [2.05, 4.69) is 20.9 Å². The summed E-state index contributed by atoms with van der Waals surface area (Å²) < 4.78 is 29.8. The molecule has 0 spiro atoms. The van der Waals surface area contributed by atoms with Crippen LogP contribution in [-0.4, -0.2) is 12.1 Å². The van der Waals surface area contributed by atoms with Crippen LogP contribution in [0, 0.1) is 6.92 Å². The van der Waals surface area contributed by atoms with Crippen LogP contribution in [0.4, 0.5) is 8.78 Å². The smallest absolute Gasteiger partial charge is 0.281 e. The van der Waals surface area contributed by atoms with Gasteiger partial charge in [0.2, 0.25) is 0 Å². The number of aryl methyl sites for hydroxylation is 1. The molecule has 72 valence electrons. The topological polar surface area (TPSA) is 22.1 Å². The molecule has 1 aromatic heterocycles. The molecule has 13 heavy (non-hydrogen) atoms. The molecular formula is C8H8BrF2NO. The highest BCUT2D eigenvalue weighted by Gasteiger charge is 2.15. The first-order chi connectivity index (χ1) is 6.06. The van der Waals surface area contributed by atoms with Crippen molar-refractivity contribution in [1.82, 2.24) is 4.98 Å². The third kappa shape index (κ3) is 2.15. The van der Waals surface area contributed by atoms with Crippen LogP contribution in [-0.2, 0) is 0 Å². The lowest BCUT2D eigenvalue weighted by Crippen LogP contribution is -1.97. The number of hydrogen-bond donors (Lipinski definition) is 0. The van der Waals surface area contributed by atoms with Crippen LogP contribution in [0.1, 0.15) is 17.8 Å². The Kier molecular flexibility index (Phi) is 3.19. The summed E-state index contributed by atoms with van der Waals surface area (Å²) in [6, 6.07) is 1.49. The summed E-state index contributed by atoms with van der Waals surface area (Å²) in [5.41, 5.74) is 0.208. The zero-order chi connectivity index (χ0) is 10.0. The van der Waals surface area contributed by atoms with Crippen LogP contribution < -0.4 is 4.74 Å². The monoisotopic (exact) mass is 251 g/mol. The SMILES string of the molecule is COc1cc(Br)c(C(F)F)nc1C. The van der Waals surface area contributed by atoms with E-state index in [1.165, 1.54) is 13.2 Å². The van der Waals surface area contributed by atoms with E-state index >= 15 is 0 Å². The van der Waals surface area contributed by atoms with E-state index < -0.39 is 6.43 Å². The molecule has 1 rings (SSSR count). The summed E-state index contributed by atoms with van der Waals surface area (Å²) in [5.74, 6) is 0.497. The summed E-state index contributed by atoms with van der Waals surface area (Å²) in [4.78, 5) is 3.72. The highest BCUT2D eigenvalue weighted by atomic mass is 79.9. The molecule has 0 bridgehead atoms. The predicted octanol–water partition coefficient (Wildman–Crippen LogP) is 3.10. The zero-order valence-corrected chi connectivity index (χ0v) is 8.73. The number of aromatic nitrogens is 1. The van der Waals surface area contributed by atoms with Crippen LogP contribution in [0.3, 0.4) is 0 Å². The third-order valence-corrected chi connectivity index (χ3v) is 2.21. The van der Waals surface area contributed by atoms with Crippen molar-refractivity contribution in [3.63, 3.8) is 0 Å². The van der Waals surface area contributed by atoms with Crippen molar-refractivity contribution in [2.24, 2.45) is 0 Å². The highest BCUT2D eigenvalue weighted by molar-refractivity contribution is 9.10. The zero-order valence-electron chi connectivity index (χ0n) is 7.14. The van der Waals surface area contributed by atoms with Crippen LogP contribution in [0.15, 0.2) is 10.5 Å². The second kappa shape index (κ2) is 4.00. The average Bonchev–Trinajstić information content (AvgIpc) is 2.07. The largest absolute Gasteiger partial charge is 0.495 e. The minimum Gasteiger partial charge on any atom is -0.495 e. The Morgan fingerprint density at radius 1 is 1.54 bits per heavy atom. The Labute approximate surface area is 83.1 Å². The molecule has 2 nitrogen and oxygen atoms in total. The van der Waals surface area contributed by atoms with Gasteiger partial charge in [-0.15, -0.1) is 0 Å². The molecule has 0 aliphatic rings. The lowest BCUT2D eigenvalue weighted by molar-refractivity contribution is 0.144. The van der Waals surface area contributed by atoms with Gasteiger partial charge in [-0.1, -0.05) is 0 Å². The lowest BCUT2D eigenvalue weighted by atomic mass is 10.3. The first-order valence-electron chi connectivity index (χ1n) is 3.55. The number of ether oxygens (including phenoxy) is 1. The summed E-state index contributed by atoms with van der Waals surface area (Å²) in [5, 5.41) is 0. The quantitative estimate of drug-likeness (QED) is 0.806. The second-order valence-corrected chi connectivity index (χ2v) is 3.30. The van der Waals surface area contributed by atoms with Crippen LogP contribution in [0.5, 0.6) is 5.75 Å². The Balaban J connectivity index is 3.20. The van der Waals surface area contributed by atoms with Crippen molar-refractivity contribution >= 4 is 15.9 Å². The van der Waals surface area contributed by atoms with Crippen molar-refractivity contribution in [2.45, 2.75) is 13.3 Å². The van der Waals surface area contributed by atoms with E-state index in [4.69, 9.17) is 4.74 Å². The van der Waals surface area contributed by atoms with Crippen molar-refractivity contribution in [1.29, 1.82) is 0 Å². The number of methoxy groups -OCH3 is 1. The van der Waals surface area contributed by atoms with Gasteiger partial charge in [-0.3, -0.25) is 0 Å². The van der Waals surface area contributed by atoms with Gasteiger partial charge in [-0.2, -0.15) is 0 Å². The molecule has 0 aromatic carbocycles. The molecule has 0 radical (unpaired) electrons. The first kappa shape index (κ1) is 10.4. The number of rotatable bonds is 2. The fourth-order valence-electron chi connectivity index (χ4n) is 0.942. The Hall–Kier alpha value is -0.710. The molecule has 0 saturated heterocycles. The van der Waals surface area contributed by atoms with Crippen molar-refractivity contribution in [3.8, 4) is 5.75 Å². The van der Waals surface area contributed by atoms with E-state index in [0.717, 1.165) is 0 Å². The van der Waals surface area contributed by atoms with Gasteiger partial charge in [0, 0.05) is 4.47 Å². The van der Waals surface area contributed by atoms with Gasteiger partial charge < -0.3 is 4.74 Å². The Morgan fingerprint density at radius 3 is 2.62 bits per heavy atom. The summed E-state index contributed by atoms with van der Waals surface area (Å²) in [7, 11) is 1.47. The van der Waals surface area contributed by atoms with E-state index in [0.29, 0.717) is 11.4 Å². The average molecular weight is 252 g/mol. The van der Waals surface area contributed by atoms with Gasteiger partial charge in [0.25, 0.3) is 6.43 Å². The molecule has 0 fully saturated rings. The number of nitrogens with zero attached hydrogens (tertiary/aromatic N) is 1. The first-order valence-corrected chi connectivity index (χ1v) is 4.34. The fourth-order valence-corrected chi connectivity index (χ4v) is 1.41. The van der Waals surface area contributed by atoms with E-state index in [1.807, 2.05) is 0 Å². The maximum absolute atomic E-state index is 12.3. The van der Waals surface area contributed by atoms with Crippen LogP contribution >= 0.6 is 15.9 Å². The maximum atomic E-state index is 12.3. The Morgan fingerprint density at radius 2 is 2.15 bits per heavy atom. The summed E-state index contributed by atoms with van der Waals surface area (Å²) in [6.07, 6.45) is -2.57. The number of halogens is 3. The van der Waals surface area contributed by atoms with Crippen molar-refractivity contribution in [3.05, 3.63) is 21.9 Å². The third-order valence-electron chi connectivity index (χ3n) is 1.57. The van der Waals surface area contributed by atoms with Gasteiger partial charge >= 0.3 is 0 Å². The lowest BCUT2D eigenvalue weighted by Gasteiger charge is -2.07. The fraction of sp³-hybridized carbons (Fsp3) is 0.375. The molecule has 0 unspecified atom stereocenters. The molecule has 1 heterocycles. The molecule has 5 heteroatoms. The molecular weight excluding hydrogens is 244 g/mol. The van der Waals surface area contributed by atoms with Crippen LogP contribution in [0.25, 0.3) is 0 Å². The second-order valence-electron chi connectivity index (χ2n) is 2.44. The molecule has 0 N–H and O–H groups in total. The predicted molar refractivity (Wildman–Crippen MR) is 48.2 cm³/mol. The molecule has 1 aromatic rings. The molecule has 0 aliphatic heterocycles. The van der Waals surface area contributed by atoms with Gasteiger partial charge in [0.15, 0.2) is 0 Å². The standard InChI is InChI=1S/C8H8BrF2NO/c1-4-6(13-2)3-5(9)7(12-4)8(10)11/h3,8H,1-2H3. The van der Waals surface area contributed by atoms with Gasteiger partial charge in [-0.05, 0) is 28.9 Å². The van der Waals surface area contributed by atoms with Crippen molar-refractivity contribution < 1.29 is 13.5 Å². The highest BCUT2D eigenvalue weighted by Crippen LogP contribution is 2.30. The van der Waals surface area contributed by atoms with Gasteiger partial charge in [0.05, 0.1) is 12.8 Å². The molecule has 0 atom stereocenters. The van der Waals surface area contributed by atoms with Crippen LogP contribution in [0.2, 0.25) is 0 Å². The van der Waals surface area contributed by atoms with Crippen molar-refractivity contribution in [2.75, 3.05) is 7.11 Å². The van der Waals surface area contributed by atoms with E-state index in [1.54, 1.807) is 6.92 Å². The Bertz CT molecular complexity index is 317. The number of pyridine rings is 1. The summed E-state index contributed by atoms with van der Waals surface area (Å²) in [6.45, 7) is 1.62. The summed E-state index contributed by atoms with van der Waals surface area (Å²) >= 11 is 3.00. The molecule has 0 amide bonds. The minimum atomic E-state index is -2.57. The van der Waals surface area contributed by atoms with E-state index in [-0.39, 0.29) is 10.2 Å². The number of alkyl halides is 2. The van der Waals surface area contributed by atoms with Gasteiger partial charge in [-0.25, -0.2) is 13.8 Å². The number of hydrogen-bond acceptors (Lipinski definition) is 2. The van der Waals surface area contributed by atoms with Gasteiger partial charge in [0.1, 0.15) is 11.4 Å². The molecule has 0 saturated carbocycles. The minimum absolute atomic E-state index is 0.252. The normalized spacial score (nSPS) is 10.6. The molecule has 0 aliphatic carbocycles. The van der Waals surface area contributed by atoms with E-state index in [9.17, 15) is 8.78 Å².